The van der Waals surface area contributed by atoms with Crippen LogP contribution in [0.5, 0.6) is 0 Å². The lowest BCUT2D eigenvalue weighted by atomic mass is 10.5. The number of esters is 1. The molecule has 0 bridgehead atoms. The Morgan fingerprint density at radius 2 is 2.12 bits per heavy atom. The second kappa shape index (κ2) is 7.19. The van der Waals surface area contributed by atoms with Gasteiger partial charge >= 0.3 is 5.97 Å². The smallest absolute Gasteiger partial charge is 0.306 e. The van der Waals surface area contributed by atoms with E-state index in [1.54, 1.807) is 6.07 Å². The molecule has 0 saturated heterocycles. The molecule has 0 saturated carbocycles. The zero-order valence-corrected chi connectivity index (χ0v) is 10.3. The Balaban J connectivity index is 4.48. The molecule has 0 aliphatic carbocycles. The molecule has 0 aliphatic rings. The van der Waals surface area contributed by atoms with Crippen LogP contribution in [0.4, 0.5) is 0 Å². The molecular weight excluding hydrogens is 232 g/mol. The summed E-state index contributed by atoms with van der Waals surface area (Å²) < 4.78 is 28.8. The fourth-order valence-electron chi connectivity index (χ4n) is 1.09. The van der Waals surface area contributed by atoms with Crippen molar-refractivity contribution in [1.29, 1.82) is 5.26 Å². The molecule has 0 heterocycles. The Hall–Kier alpha value is -1.13. The molecule has 92 valence electrons. The summed E-state index contributed by atoms with van der Waals surface area (Å²) in [4.78, 5) is 10.8. The van der Waals surface area contributed by atoms with Gasteiger partial charge in [0.2, 0.25) is 10.0 Å². The molecule has 6 nitrogen and oxygen atoms in total. The van der Waals surface area contributed by atoms with Crippen LogP contribution >= 0.6 is 0 Å². The average Bonchev–Trinajstić information content (AvgIpc) is 2.25. The Bertz CT molecular complexity index is 358. The first-order valence-electron chi connectivity index (χ1n) is 4.89. The minimum absolute atomic E-state index is 0.183. The Morgan fingerprint density at radius 3 is 2.56 bits per heavy atom. The van der Waals surface area contributed by atoms with Gasteiger partial charge < -0.3 is 4.74 Å². The maximum absolute atomic E-state index is 11.7. The van der Waals surface area contributed by atoms with Gasteiger partial charge in [-0.25, -0.2) is 8.42 Å². The van der Waals surface area contributed by atoms with E-state index in [4.69, 9.17) is 5.26 Å². The second-order valence-corrected chi connectivity index (χ2v) is 5.22. The van der Waals surface area contributed by atoms with Crippen LogP contribution in [0.25, 0.3) is 0 Å². The molecule has 0 aromatic rings. The standard InChI is InChI=1S/C9H16N2O4S/c1-3-6-11(7-5-10)16(13,14)8-4-9(12)15-2/h3-4,6-8H2,1-2H3. The number of nitriles is 1. The average molecular weight is 248 g/mol. The van der Waals surface area contributed by atoms with Gasteiger partial charge in [0.25, 0.3) is 0 Å². The summed E-state index contributed by atoms with van der Waals surface area (Å²) in [6, 6.07) is 1.79. The summed E-state index contributed by atoms with van der Waals surface area (Å²) in [7, 11) is -2.34. The summed E-state index contributed by atoms with van der Waals surface area (Å²) in [6.45, 7) is 1.93. The number of hydrogen-bond acceptors (Lipinski definition) is 5. The van der Waals surface area contributed by atoms with Crippen LogP contribution in [0.2, 0.25) is 0 Å². The molecule has 0 N–H and O–H groups in total. The number of ether oxygens (including phenoxy) is 1. The Morgan fingerprint density at radius 1 is 1.50 bits per heavy atom. The maximum atomic E-state index is 11.7. The third-order valence-electron chi connectivity index (χ3n) is 1.91. The van der Waals surface area contributed by atoms with E-state index in [1.807, 2.05) is 6.92 Å². The molecule has 0 spiro atoms. The van der Waals surface area contributed by atoms with E-state index in [0.717, 1.165) is 4.31 Å². The highest BCUT2D eigenvalue weighted by atomic mass is 32.2. The predicted octanol–water partition coefficient (Wildman–Crippen LogP) is 0.115. The van der Waals surface area contributed by atoms with E-state index in [0.29, 0.717) is 6.42 Å². The normalized spacial score (nSPS) is 11.1. The van der Waals surface area contributed by atoms with Crippen LogP contribution < -0.4 is 0 Å². The summed E-state index contributed by atoms with van der Waals surface area (Å²) in [5.74, 6) is -0.890. The van der Waals surface area contributed by atoms with Gasteiger partial charge in [0.15, 0.2) is 0 Å². The molecule has 0 aliphatic heterocycles. The van der Waals surface area contributed by atoms with Gasteiger partial charge in [0.1, 0.15) is 6.54 Å². The highest BCUT2D eigenvalue weighted by molar-refractivity contribution is 7.89. The molecule has 0 rings (SSSR count). The van der Waals surface area contributed by atoms with Gasteiger partial charge in [0.05, 0.1) is 25.4 Å². The number of hydrogen-bond donors (Lipinski definition) is 0. The van der Waals surface area contributed by atoms with Crippen molar-refractivity contribution >= 4 is 16.0 Å². The van der Waals surface area contributed by atoms with Crippen LogP contribution in [-0.2, 0) is 19.6 Å². The van der Waals surface area contributed by atoms with Gasteiger partial charge in [-0.2, -0.15) is 9.57 Å². The SMILES string of the molecule is CCCN(CC#N)S(=O)(=O)CCC(=O)OC. The van der Waals surface area contributed by atoms with Gasteiger partial charge in [-0.1, -0.05) is 6.92 Å². The third kappa shape index (κ3) is 5.09. The van der Waals surface area contributed by atoms with E-state index < -0.39 is 16.0 Å². The largest absolute Gasteiger partial charge is 0.469 e. The third-order valence-corrected chi connectivity index (χ3v) is 3.72. The monoisotopic (exact) mass is 248 g/mol. The number of carbonyl (C=O) groups excluding carboxylic acids is 1. The van der Waals surface area contributed by atoms with E-state index in [-0.39, 0.29) is 25.3 Å². The van der Waals surface area contributed by atoms with Crippen LogP contribution in [0, 0.1) is 11.3 Å². The maximum Gasteiger partial charge on any atom is 0.306 e. The summed E-state index contributed by atoms with van der Waals surface area (Å²) in [5, 5.41) is 8.50. The molecular formula is C9H16N2O4S. The molecule has 16 heavy (non-hydrogen) atoms. The van der Waals surface area contributed by atoms with Crippen LogP contribution in [-0.4, -0.2) is 44.6 Å². The fraction of sp³-hybridized carbons (Fsp3) is 0.778. The number of sulfonamides is 1. The molecule has 7 heteroatoms. The van der Waals surface area contributed by atoms with Crippen molar-refractivity contribution in [3.05, 3.63) is 0 Å². The summed E-state index contributed by atoms with van der Waals surface area (Å²) in [6.07, 6.45) is 0.434. The van der Waals surface area contributed by atoms with Crippen molar-refractivity contribution in [3.8, 4) is 6.07 Å². The Kier molecular flexibility index (Phi) is 6.69. The number of methoxy groups -OCH3 is 1. The lowest BCUT2D eigenvalue weighted by Gasteiger charge is -2.17. The quantitative estimate of drug-likeness (QED) is 0.471. The van der Waals surface area contributed by atoms with Crippen molar-refractivity contribution in [3.63, 3.8) is 0 Å². The van der Waals surface area contributed by atoms with E-state index in [1.165, 1.54) is 7.11 Å². The highest BCUT2D eigenvalue weighted by Crippen LogP contribution is 2.04. The van der Waals surface area contributed by atoms with Gasteiger partial charge in [-0.3, -0.25) is 4.79 Å². The number of carbonyl (C=O) groups is 1. The molecule has 0 amide bonds. The molecule has 0 fully saturated rings. The molecule has 0 aromatic heterocycles. The zero-order valence-electron chi connectivity index (χ0n) is 9.47. The van der Waals surface area contributed by atoms with Gasteiger partial charge in [-0.15, -0.1) is 0 Å². The van der Waals surface area contributed by atoms with E-state index >= 15 is 0 Å². The lowest BCUT2D eigenvalue weighted by Crippen LogP contribution is -2.34. The van der Waals surface area contributed by atoms with Gasteiger partial charge in [0, 0.05) is 6.54 Å². The zero-order chi connectivity index (χ0) is 12.6. The first kappa shape index (κ1) is 14.9. The van der Waals surface area contributed by atoms with Crippen molar-refractivity contribution in [2.45, 2.75) is 19.8 Å². The second-order valence-electron chi connectivity index (χ2n) is 3.13. The molecule has 0 atom stereocenters. The topological polar surface area (TPSA) is 87.5 Å². The predicted molar refractivity (Wildman–Crippen MR) is 57.9 cm³/mol. The van der Waals surface area contributed by atoms with E-state index in [9.17, 15) is 13.2 Å². The summed E-state index contributed by atoms with van der Waals surface area (Å²) in [5.41, 5.74) is 0. The van der Waals surface area contributed by atoms with Crippen LogP contribution in [0.1, 0.15) is 19.8 Å². The lowest BCUT2D eigenvalue weighted by molar-refractivity contribution is -0.140. The van der Waals surface area contributed by atoms with Crippen molar-refractivity contribution < 1.29 is 17.9 Å². The van der Waals surface area contributed by atoms with Crippen molar-refractivity contribution in [2.24, 2.45) is 0 Å². The molecule has 0 radical (unpaired) electrons. The number of rotatable bonds is 7. The molecule has 0 unspecified atom stereocenters. The van der Waals surface area contributed by atoms with Crippen molar-refractivity contribution in [1.82, 2.24) is 4.31 Å². The summed E-state index contributed by atoms with van der Waals surface area (Å²) >= 11 is 0. The van der Waals surface area contributed by atoms with Crippen molar-refractivity contribution in [2.75, 3.05) is 26.0 Å². The number of nitrogens with zero attached hydrogens (tertiary/aromatic N) is 2. The fourth-order valence-corrected chi connectivity index (χ4v) is 2.49. The van der Waals surface area contributed by atoms with E-state index in [2.05, 4.69) is 4.74 Å². The highest BCUT2D eigenvalue weighted by Gasteiger charge is 2.22. The van der Waals surface area contributed by atoms with Crippen LogP contribution in [0.3, 0.4) is 0 Å². The molecule has 0 aromatic carbocycles. The van der Waals surface area contributed by atoms with Gasteiger partial charge in [-0.05, 0) is 6.42 Å². The van der Waals surface area contributed by atoms with Crippen LogP contribution in [0.15, 0.2) is 0 Å². The first-order valence-corrected chi connectivity index (χ1v) is 6.50. The Labute approximate surface area is 95.8 Å². The minimum atomic E-state index is -3.54. The minimum Gasteiger partial charge on any atom is -0.469 e. The first-order chi connectivity index (χ1) is 7.47.